The Labute approximate surface area is 135 Å². The average molecular weight is 319 g/mol. The van der Waals surface area contributed by atoms with Crippen molar-refractivity contribution in [1.82, 2.24) is 10.1 Å². The van der Waals surface area contributed by atoms with Crippen molar-refractivity contribution in [3.05, 3.63) is 41.0 Å². The number of nitrogens with zero attached hydrogens (tertiary/aromatic N) is 2. The van der Waals surface area contributed by atoms with Gasteiger partial charge in [-0.15, -0.1) is 0 Å². The molecule has 0 spiro atoms. The summed E-state index contributed by atoms with van der Waals surface area (Å²) in [5, 5.41) is 4.70. The molecule has 0 bridgehead atoms. The normalized spacial score (nSPS) is 18.5. The van der Waals surface area contributed by atoms with Gasteiger partial charge in [0.2, 0.25) is 5.91 Å². The van der Waals surface area contributed by atoms with Gasteiger partial charge in [0.15, 0.2) is 5.76 Å². The molecular weight excluding hydrogens is 300 g/mol. The fraction of sp³-hybridized carbons (Fsp3) is 0.412. The minimum absolute atomic E-state index is 0.128. The highest BCUT2D eigenvalue weighted by molar-refractivity contribution is 6.30. The summed E-state index contributed by atoms with van der Waals surface area (Å²) in [6, 6.07) is 9.51. The first kappa shape index (κ1) is 15.1. The van der Waals surface area contributed by atoms with Crippen molar-refractivity contribution in [2.75, 3.05) is 6.54 Å². The summed E-state index contributed by atoms with van der Waals surface area (Å²) >= 11 is 5.88. The number of halogens is 1. The van der Waals surface area contributed by atoms with E-state index in [4.69, 9.17) is 16.1 Å². The van der Waals surface area contributed by atoms with Gasteiger partial charge in [0.05, 0.1) is 12.1 Å². The Bertz CT molecular complexity index is 651. The Hall–Kier alpha value is -1.81. The van der Waals surface area contributed by atoms with Crippen LogP contribution in [0.1, 0.15) is 31.9 Å². The van der Waals surface area contributed by atoms with E-state index in [2.05, 4.69) is 12.1 Å². The molecule has 2 heterocycles. The third kappa shape index (κ3) is 3.33. The van der Waals surface area contributed by atoms with Gasteiger partial charge >= 0.3 is 0 Å². The van der Waals surface area contributed by atoms with Gasteiger partial charge in [0.25, 0.3) is 0 Å². The number of hydrogen-bond donors (Lipinski definition) is 0. The maximum atomic E-state index is 12.4. The van der Waals surface area contributed by atoms with Gasteiger partial charge < -0.3 is 9.42 Å². The predicted octanol–water partition coefficient (Wildman–Crippen LogP) is 3.94. The van der Waals surface area contributed by atoms with Gasteiger partial charge in [0, 0.05) is 29.2 Å². The Balaban J connectivity index is 1.68. The molecule has 4 nitrogen and oxygen atoms in total. The summed E-state index contributed by atoms with van der Waals surface area (Å²) in [5.74, 6) is 0.786. The molecule has 1 saturated heterocycles. The Morgan fingerprint density at radius 1 is 1.36 bits per heavy atom. The number of amides is 1. The van der Waals surface area contributed by atoms with Crippen LogP contribution in [0.5, 0.6) is 0 Å². The number of likely N-dealkylation sites (tertiary alicyclic amines) is 1. The number of rotatable bonds is 3. The van der Waals surface area contributed by atoms with Gasteiger partial charge in [-0.2, -0.15) is 0 Å². The molecule has 1 aliphatic rings. The van der Waals surface area contributed by atoms with E-state index in [0.717, 1.165) is 24.9 Å². The van der Waals surface area contributed by atoms with Gasteiger partial charge in [0.1, 0.15) is 0 Å². The molecule has 1 aliphatic heterocycles. The number of aromatic nitrogens is 1. The van der Waals surface area contributed by atoms with Crippen LogP contribution < -0.4 is 0 Å². The zero-order chi connectivity index (χ0) is 15.5. The summed E-state index contributed by atoms with van der Waals surface area (Å²) in [6.07, 6.45) is 3.67. The molecule has 1 unspecified atom stereocenters. The first-order valence-corrected chi connectivity index (χ1v) is 8.02. The Morgan fingerprint density at radius 3 is 2.86 bits per heavy atom. The summed E-state index contributed by atoms with van der Waals surface area (Å²) in [6.45, 7) is 2.96. The topological polar surface area (TPSA) is 46.3 Å². The molecule has 0 aliphatic carbocycles. The minimum atomic E-state index is 0.128. The molecule has 22 heavy (non-hydrogen) atoms. The summed E-state index contributed by atoms with van der Waals surface area (Å²) in [5.41, 5.74) is 1.58. The highest BCUT2D eigenvalue weighted by Gasteiger charge is 2.24. The Kier molecular flexibility index (Phi) is 4.48. The minimum Gasteiger partial charge on any atom is -0.356 e. The van der Waals surface area contributed by atoms with E-state index in [1.165, 1.54) is 6.42 Å². The first-order valence-electron chi connectivity index (χ1n) is 7.64. The van der Waals surface area contributed by atoms with Crippen LogP contribution in [0.3, 0.4) is 0 Å². The fourth-order valence-electron chi connectivity index (χ4n) is 2.87. The van der Waals surface area contributed by atoms with Crippen LogP contribution in [0.15, 0.2) is 34.9 Å². The third-order valence-electron chi connectivity index (χ3n) is 4.14. The molecule has 3 rings (SSSR count). The quantitative estimate of drug-likeness (QED) is 0.861. The van der Waals surface area contributed by atoms with E-state index >= 15 is 0 Å². The van der Waals surface area contributed by atoms with Gasteiger partial charge in [-0.1, -0.05) is 16.8 Å². The lowest BCUT2D eigenvalue weighted by Crippen LogP contribution is -2.42. The van der Waals surface area contributed by atoms with E-state index in [1.807, 2.05) is 23.1 Å². The summed E-state index contributed by atoms with van der Waals surface area (Å²) in [7, 11) is 0. The van der Waals surface area contributed by atoms with E-state index in [0.29, 0.717) is 28.9 Å². The van der Waals surface area contributed by atoms with Crippen molar-refractivity contribution >= 4 is 17.5 Å². The van der Waals surface area contributed by atoms with Crippen LogP contribution >= 0.6 is 11.6 Å². The fourth-order valence-corrected chi connectivity index (χ4v) is 3.00. The summed E-state index contributed by atoms with van der Waals surface area (Å²) in [4.78, 5) is 14.4. The second kappa shape index (κ2) is 6.53. The van der Waals surface area contributed by atoms with Crippen LogP contribution in [-0.4, -0.2) is 28.6 Å². The van der Waals surface area contributed by atoms with Crippen LogP contribution in [0.25, 0.3) is 11.3 Å². The van der Waals surface area contributed by atoms with Crippen molar-refractivity contribution in [3.63, 3.8) is 0 Å². The maximum Gasteiger partial charge on any atom is 0.228 e. The SMILES string of the molecule is CC1CCCCN1C(=O)Cc1cc(-c2ccc(Cl)cc2)on1. The van der Waals surface area contributed by atoms with E-state index in [1.54, 1.807) is 12.1 Å². The lowest BCUT2D eigenvalue weighted by molar-refractivity contribution is -0.133. The first-order chi connectivity index (χ1) is 10.6. The number of hydrogen-bond acceptors (Lipinski definition) is 3. The number of piperidine rings is 1. The van der Waals surface area contributed by atoms with Crippen molar-refractivity contribution < 1.29 is 9.32 Å². The lowest BCUT2D eigenvalue weighted by Gasteiger charge is -2.33. The van der Waals surface area contributed by atoms with Crippen LogP contribution in [0, 0.1) is 0 Å². The summed E-state index contributed by atoms with van der Waals surface area (Å²) < 4.78 is 5.34. The molecule has 1 fully saturated rings. The van der Waals surface area contributed by atoms with Crippen molar-refractivity contribution in [3.8, 4) is 11.3 Å². The lowest BCUT2D eigenvalue weighted by atomic mass is 10.0. The molecule has 116 valence electrons. The van der Waals surface area contributed by atoms with Crippen molar-refractivity contribution in [1.29, 1.82) is 0 Å². The second-order valence-electron chi connectivity index (χ2n) is 5.80. The monoisotopic (exact) mass is 318 g/mol. The highest BCUT2D eigenvalue weighted by Crippen LogP contribution is 2.23. The second-order valence-corrected chi connectivity index (χ2v) is 6.23. The molecule has 5 heteroatoms. The van der Waals surface area contributed by atoms with Crippen molar-refractivity contribution in [2.24, 2.45) is 0 Å². The molecule has 0 radical (unpaired) electrons. The smallest absolute Gasteiger partial charge is 0.228 e. The standard InChI is InChI=1S/C17H19ClN2O2/c1-12-4-2-3-9-20(12)17(21)11-15-10-16(22-19-15)13-5-7-14(18)8-6-13/h5-8,10,12H,2-4,9,11H2,1H3. The maximum absolute atomic E-state index is 12.4. The zero-order valence-electron chi connectivity index (χ0n) is 12.6. The molecule has 1 aromatic carbocycles. The molecule has 1 atom stereocenters. The average Bonchev–Trinajstić information content (AvgIpc) is 2.97. The van der Waals surface area contributed by atoms with E-state index in [-0.39, 0.29) is 5.91 Å². The predicted molar refractivity (Wildman–Crippen MR) is 85.7 cm³/mol. The molecule has 1 aromatic heterocycles. The molecule has 0 N–H and O–H groups in total. The largest absolute Gasteiger partial charge is 0.356 e. The number of carbonyl (C=O) groups excluding carboxylic acids is 1. The number of carbonyl (C=O) groups is 1. The zero-order valence-corrected chi connectivity index (χ0v) is 13.3. The molecule has 2 aromatic rings. The van der Waals surface area contributed by atoms with Gasteiger partial charge in [-0.25, -0.2) is 0 Å². The van der Waals surface area contributed by atoms with Crippen molar-refractivity contribution in [2.45, 2.75) is 38.6 Å². The van der Waals surface area contributed by atoms with E-state index in [9.17, 15) is 4.79 Å². The van der Waals surface area contributed by atoms with Gasteiger partial charge in [-0.05, 0) is 50.5 Å². The molecule has 1 amide bonds. The van der Waals surface area contributed by atoms with Crippen LogP contribution in [-0.2, 0) is 11.2 Å². The van der Waals surface area contributed by atoms with Crippen LogP contribution in [0.4, 0.5) is 0 Å². The number of benzene rings is 1. The van der Waals surface area contributed by atoms with Gasteiger partial charge in [-0.3, -0.25) is 4.79 Å². The van der Waals surface area contributed by atoms with E-state index < -0.39 is 0 Å². The Morgan fingerprint density at radius 2 is 2.14 bits per heavy atom. The molecule has 0 saturated carbocycles. The highest BCUT2D eigenvalue weighted by atomic mass is 35.5. The molecular formula is C17H19ClN2O2. The van der Waals surface area contributed by atoms with Crippen LogP contribution in [0.2, 0.25) is 5.02 Å². The third-order valence-corrected chi connectivity index (χ3v) is 4.40.